The van der Waals surface area contributed by atoms with Crippen molar-refractivity contribution in [1.29, 1.82) is 0 Å². The molecule has 21 heavy (non-hydrogen) atoms. The minimum Gasteiger partial charge on any atom is -0.372 e. The van der Waals surface area contributed by atoms with Gasteiger partial charge in [-0.1, -0.05) is 47.3 Å². The van der Waals surface area contributed by atoms with E-state index in [2.05, 4.69) is 40.2 Å². The molecule has 1 spiro atoms. The van der Waals surface area contributed by atoms with Crippen LogP contribution in [0.3, 0.4) is 0 Å². The Balaban J connectivity index is 1.63. The van der Waals surface area contributed by atoms with Crippen molar-refractivity contribution in [3.63, 3.8) is 0 Å². The van der Waals surface area contributed by atoms with Crippen LogP contribution in [0.15, 0.2) is 28.7 Å². The van der Waals surface area contributed by atoms with Crippen LogP contribution in [0.25, 0.3) is 0 Å². The van der Waals surface area contributed by atoms with E-state index in [1.807, 2.05) is 0 Å². The monoisotopic (exact) mass is 370 g/mol. The summed E-state index contributed by atoms with van der Waals surface area (Å²) >= 11 is 9.79. The molecule has 3 heteroatoms. The highest BCUT2D eigenvalue weighted by Crippen LogP contribution is 2.44. The van der Waals surface area contributed by atoms with Gasteiger partial charge in [0.05, 0.1) is 11.7 Å². The Hall–Kier alpha value is -0.0500. The van der Waals surface area contributed by atoms with Gasteiger partial charge in [-0.2, -0.15) is 0 Å². The van der Waals surface area contributed by atoms with Crippen molar-refractivity contribution < 1.29 is 4.74 Å². The number of rotatable bonds is 4. The molecule has 1 heterocycles. The smallest absolute Gasteiger partial charge is 0.0687 e. The fourth-order valence-electron chi connectivity index (χ4n) is 3.99. The Morgan fingerprint density at radius 3 is 2.76 bits per heavy atom. The molecule has 3 rings (SSSR count). The van der Waals surface area contributed by atoms with Crippen molar-refractivity contribution in [1.82, 2.24) is 0 Å². The molecule has 2 unspecified atom stereocenters. The molecule has 116 valence electrons. The standard InChI is InChI=1S/C18H24BrClO/c19-16-6-4-5-14(11-16)15(13-20)12-17-7-10-18(21-17)8-2-1-3-9-18/h4-6,11,15,17H,1-3,7-10,12-13H2. The molecule has 1 aromatic rings. The van der Waals surface area contributed by atoms with Gasteiger partial charge in [0, 0.05) is 10.4 Å². The zero-order chi connectivity index (χ0) is 14.7. The fourth-order valence-corrected chi connectivity index (χ4v) is 4.71. The fraction of sp³-hybridized carbons (Fsp3) is 0.667. The number of hydrogen-bond donors (Lipinski definition) is 0. The van der Waals surface area contributed by atoms with Gasteiger partial charge in [-0.3, -0.25) is 0 Å². The predicted molar refractivity (Wildman–Crippen MR) is 92.1 cm³/mol. The highest BCUT2D eigenvalue weighted by atomic mass is 79.9. The SMILES string of the molecule is ClCC(CC1CCC2(CCCCC2)O1)c1cccc(Br)c1. The first-order valence-corrected chi connectivity index (χ1v) is 9.53. The zero-order valence-corrected chi connectivity index (χ0v) is 14.8. The van der Waals surface area contributed by atoms with Crippen molar-refractivity contribution >= 4 is 27.5 Å². The minimum absolute atomic E-state index is 0.219. The largest absolute Gasteiger partial charge is 0.372 e. The summed E-state index contributed by atoms with van der Waals surface area (Å²) in [5.74, 6) is 1.07. The van der Waals surface area contributed by atoms with E-state index >= 15 is 0 Å². The zero-order valence-electron chi connectivity index (χ0n) is 12.5. The van der Waals surface area contributed by atoms with Gasteiger partial charge in [0.2, 0.25) is 0 Å². The number of halogens is 2. The van der Waals surface area contributed by atoms with Crippen molar-refractivity contribution in [3.8, 4) is 0 Å². The molecule has 2 atom stereocenters. The molecule has 1 aliphatic heterocycles. The Labute approximate surface area is 141 Å². The molecule has 0 bridgehead atoms. The Kier molecular flexibility index (Phi) is 5.29. The van der Waals surface area contributed by atoms with E-state index in [0.29, 0.717) is 17.9 Å². The molecule has 2 fully saturated rings. The average molecular weight is 372 g/mol. The third kappa shape index (κ3) is 3.83. The van der Waals surface area contributed by atoms with Crippen LogP contribution < -0.4 is 0 Å². The van der Waals surface area contributed by atoms with E-state index in [9.17, 15) is 0 Å². The molecule has 1 saturated carbocycles. The second-order valence-corrected chi connectivity index (χ2v) is 7.89. The van der Waals surface area contributed by atoms with Crippen LogP contribution in [0.2, 0.25) is 0 Å². The lowest BCUT2D eigenvalue weighted by Crippen LogP contribution is -2.32. The number of benzene rings is 1. The highest BCUT2D eigenvalue weighted by Gasteiger charge is 2.41. The summed E-state index contributed by atoms with van der Waals surface area (Å²) in [4.78, 5) is 0. The third-order valence-electron chi connectivity index (χ3n) is 5.16. The summed E-state index contributed by atoms with van der Waals surface area (Å²) in [5, 5.41) is 0. The van der Waals surface area contributed by atoms with Crippen LogP contribution in [0.4, 0.5) is 0 Å². The first-order valence-electron chi connectivity index (χ1n) is 8.20. The van der Waals surface area contributed by atoms with Gasteiger partial charge in [0.15, 0.2) is 0 Å². The Morgan fingerprint density at radius 2 is 2.05 bits per heavy atom. The second kappa shape index (κ2) is 7.02. The van der Waals surface area contributed by atoms with Crippen molar-refractivity contribution in [2.24, 2.45) is 0 Å². The summed E-state index contributed by atoms with van der Waals surface area (Å²) in [7, 11) is 0. The quantitative estimate of drug-likeness (QED) is 0.586. The highest BCUT2D eigenvalue weighted by molar-refractivity contribution is 9.10. The van der Waals surface area contributed by atoms with E-state index in [-0.39, 0.29) is 5.60 Å². The number of hydrogen-bond acceptors (Lipinski definition) is 1. The predicted octanol–water partition coefficient (Wildman–Crippen LogP) is 6.04. The third-order valence-corrected chi connectivity index (χ3v) is 6.02. The molecule has 2 aliphatic rings. The molecular formula is C18H24BrClO. The lowest BCUT2D eigenvalue weighted by molar-refractivity contribution is -0.0669. The molecule has 1 aromatic carbocycles. The van der Waals surface area contributed by atoms with Crippen LogP contribution in [0.1, 0.15) is 62.8 Å². The van der Waals surface area contributed by atoms with Gasteiger partial charge < -0.3 is 4.74 Å². The van der Waals surface area contributed by atoms with Gasteiger partial charge in [-0.25, -0.2) is 0 Å². The topological polar surface area (TPSA) is 9.23 Å². The van der Waals surface area contributed by atoms with Gasteiger partial charge in [-0.15, -0.1) is 11.6 Å². The number of ether oxygens (including phenoxy) is 1. The average Bonchev–Trinajstić information content (AvgIpc) is 2.88. The molecule has 1 aliphatic carbocycles. The Bertz CT molecular complexity index is 470. The summed E-state index contributed by atoms with van der Waals surface area (Å²) < 4.78 is 7.63. The molecular weight excluding hydrogens is 348 g/mol. The van der Waals surface area contributed by atoms with Crippen molar-refractivity contribution in [2.75, 3.05) is 5.88 Å². The first kappa shape index (κ1) is 15.8. The van der Waals surface area contributed by atoms with Gasteiger partial charge in [0.1, 0.15) is 0 Å². The molecule has 0 amide bonds. The summed E-state index contributed by atoms with van der Waals surface area (Å²) in [6.45, 7) is 0. The van der Waals surface area contributed by atoms with E-state index in [4.69, 9.17) is 16.3 Å². The van der Waals surface area contributed by atoms with E-state index in [0.717, 1.165) is 10.9 Å². The molecule has 0 radical (unpaired) electrons. The van der Waals surface area contributed by atoms with E-state index < -0.39 is 0 Å². The maximum absolute atomic E-state index is 6.50. The molecule has 1 nitrogen and oxygen atoms in total. The summed E-state index contributed by atoms with van der Waals surface area (Å²) in [6, 6.07) is 8.54. The van der Waals surface area contributed by atoms with Crippen LogP contribution in [-0.4, -0.2) is 17.6 Å². The van der Waals surface area contributed by atoms with Crippen LogP contribution in [-0.2, 0) is 4.74 Å². The number of alkyl halides is 1. The maximum Gasteiger partial charge on any atom is 0.0687 e. The van der Waals surface area contributed by atoms with Crippen LogP contribution in [0.5, 0.6) is 0 Å². The molecule has 0 N–H and O–H groups in total. The van der Waals surface area contributed by atoms with Gasteiger partial charge in [-0.05, 0) is 55.7 Å². The van der Waals surface area contributed by atoms with Crippen LogP contribution in [0, 0.1) is 0 Å². The molecule has 1 saturated heterocycles. The minimum atomic E-state index is 0.219. The van der Waals surface area contributed by atoms with Crippen molar-refractivity contribution in [3.05, 3.63) is 34.3 Å². The Morgan fingerprint density at radius 1 is 1.24 bits per heavy atom. The lowest BCUT2D eigenvalue weighted by Gasteiger charge is -2.33. The van der Waals surface area contributed by atoms with E-state index in [1.165, 1.54) is 50.5 Å². The second-order valence-electron chi connectivity index (χ2n) is 6.66. The lowest BCUT2D eigenvalue weighted by atomic mass is 9.83. The summed E-state index contributed by atoms with van der Waals surface area (Å²) in [6.07, 6.45) is 10.5. The summed E-state index contributed by atoms with van der Waals surface area (Å²) in [5.41, 5.74) is 1.55. The normalized spacial score (nSPS) is 26.1. The van der Waals surface area contributed by atoms with E-state index in [1.54, 1.807) is 0 Å². The maximum atomic E-state index is 6.50. The van der Waals surface area contributed by atoms with Crippen molar-refractivity contribution in [2.45, 2.75) is 69.0 Å². The first-order chi connectivity index (χ1) is 10.2. The van der Waals surface area contributed by atoms with Gasteiger partial charge in [0.25, 0.3) is 0 Å². The van der Waals surface area contributed by atoms with Crippen LogP contribution >= 0.6 is 27.5 Å². The van der Waals surface area contributed by atoms with Gasteiger partial charge >= 0.3 is 0 Å². The molecule has 0 aromatic heterocycles.